The number of carbonyl (C=O) groups excluding carboxylic acids is 1. The standard InChI is InChI=1S/C19H31N3O3S/c1-4-5-12-21(3)26(24,25)18-10-8-17(9-11-18)20-19(23)15-22-13-6-7-16(2)14-22/h8-11,16H,4-7,12-15H2,1-3H3,(H,20,23)/t16-/m0/s1. The van der Waals surface area contributed by atoms with Gasteiger partial charge in [0.25, 0.3) is 0 Å². The molecule has 1 aromatic rings. The third kappa shape index (κ3) is 5.79. The third-order valence-electron chi connectivity index (χ3n) is 4.78. The summed E-state index contributed by atoms with van der Waals surface area (Å²) in [6.45, 7) is 7.03. The summed E-state index contributed by atoms with van der Waals surface area (Å²) in [6.07, 6.45) is 4.13. The van der Waals surface area contributed by atoms with Crippen molar-refractivity contribution in [2.75, 3.05) is 38.5 Å². The van der Waals surface area contributed by atoms with Crippen molar-refractivity contribution in [2.24, 2.45) is 5.92 Å². The van der Waals surface area contributed by atoms with Gasteiger partial charge >= 0.3 is 0 Å². The molecule has 0 saturated carbocycles. The molecule has 6 nitrogen and oxygen atoms in total. The molecule has 1 aliphatic heterocycles. The van der Waals surface area contributed by atoms with Crippen LogP contribution >= 0.6 is 0 Å². The number of nitrogens with one attached hydrogen (secondary N) is 1. The molecule has 0 bridgehead atoms. The second-order valence-corrected chi connectivity index (χ2v) is 9.28. The minimum atomic E-state index is -3.47. The van der Waals surface area contributed by atoms with Crippen molar-refractivity contribution in [3.63, 3.8) is 0 Å². The maximum atomic E-state index is 12.5. The highest BCUT2D eigenvalue weighted by atomic mass is 32.2. The Bertz CT molecular complexity index is 688. The van der Waals surface area contributed by atoms with Gasteiger partial charge in [-0.3, -0.25) is 9.69 Å². The molecule has 0 aromatic heterocycles. The summed E-state index contributed by atoms with van der Waals surface area (Å²) in [5.74, 6) is 0.570. The van der Waals surface area contributed by atoms with Crippen LogP contribution in [-0.2, 0) is 14.8 Å². The second-order valence-electron chi connectivity index (χ2n) is 7.24. The van der Waals surface area contributed by atoms with Gasteiger partial charge in [-0.2, -0.15) is 0 Å². The van der Waals surface area contributed by atoms with Crippen LogP contribution < -0.4 is 5.32 Å². The van der Waals surface area contributed by atoms with E-state index in [1.165, 1.54) is 10.7 Å². The van der Waals surface area contributed by atoms with Crippen molar-refractivity contribution >= 4 is 21.6 Å². The zero-order valence-corrected chi connectivity index (χ0v) is 16.9. The second kappa shape index (κ2) is 9.48. The van der Waals surface area contributed by atoms with E-state index in [4.69, 9.17) is 0 Å². The fourth-order valence-corrected chi connectivity index (χ4v) is 4.43. The van der Waals surface area contributed by atoms with Crippen LogP contribution in [-0.4, -0.2) is 56.8 Å². The molecule has 2 rings (SSSR count). The van der Waals surface area contributed by atoms with Gasteiger partial charge in [0, 0.05) is 25.8 Å². The molecule has 26 heavy (non-hydrogen) atoms. The Morgan fingerprint density at radius 1 is 1.31 bits per heavy atom. The van der Waals surface area contributed by atoms with Crippen LogP contribution in [0.25, 0.3) is 0 Å². The van der Waals surface area contributed by atoms with E-state index in [0.29, 0.717) is 24.7 Å². The number of hydrogen-bond donors (Lipinski definition) is 1. The molecule has 0 aliphatic carbocycles. The largest absolute Gasteiger partial charge is 0.325 e. The molecular formula is C19H31N3O3S. The first-order valence-corrected chi connectivity index (χ1v) is 10.9. The van der Waals surface area contributed by atoms with Gasteiger partial charge in [0.1, 0.15) is 0 Å². The Balaban J connectivity index is 1.93. The fourth-order valence-electron chi connectivity index (χ4n) is 3.23. The molecule has 1 saturated heterocycles. The minimum Gasteiger partial charge on any atom is -0.325 e. The van der Waals surface area contributed by atoms with Crippen LogP contribution in [0.3, 0.4) is 0 Å². The number of benzene rings is 1. The molecule has 1 amide bonds. The Morgan fingerprint density at radius 3 is 2.62 bits per heavy atom. The summed E-state index contributed by atoms with van der Waals surface area (Å²) < 4.78 is 26.4. The van der Waals surface area contributed by atoms with E-state index in [1.807, 2.05) is 6.92 Å². The molecule has 1 aliphatic rings. The van der Waals surface area contributed by atoms with Crippen LogP contribution in [0, 0.1) is 5.92 Å². The van der Waals surface area contributed by atoms with Gasteiger partial charge in [-0.25, -0.2) is 12.7 Å². The van der Waals surface area contributed by atoms with Crippen molar-refractivity contribution < 1.29 is 13.2 Å². The highest BCUT2D eigenvalue weighted by Gasteiger charge is 2.21. The van der Waals surface area contributed by atoms with Crippen molar-refractivity contribution in [1.29, 1.82) is 0 Å². The lowest BCUT2D eigenvalue weighted by molar-refractivity contribution is -0.117. The Hall–Kier alpha value is -1.44. The third-order valence-corrected chi connectivity index (χ3v) is 6.65. The average molecular weight is 382 g/mol. The van der Waals surface area contributed by atoms with Crippen LogP contribution in [0.5, 0.6) is 0 Å². The predicted molar refractivity (Wildman–Crippen MR) is 105 cm³/mol. The van der Waals surface area contributed by atoms with Gasteiger partial charge in [0.15, 0.2) is 0 Å². The number of sulfonamides is 1. The molecule has 1 N–H and O–H groups in total. The van der Waals surface area contributed by atoms with E-state index in [9.17, 15) is 13.2 Å². The topological polar surface area (TPSA) is 69.7 Å². The summed E-state index contributed by atoms with van der Waals surface area (Å²) in [7, 11) is -1.88. The van der Waals surface area contributed by atoms with E-state index in [0.717, 1.165) is 32.4 Å². The Morgan fingerprint density at radius 2 is 2.00 bits per heavy atom. The molecule has 0 spiro atoms. The number of rotatable bonds is 8. The molecule has 1 heterocycles. The lowest BCUT2D eigenvalue weighted by Crippen LogP contribution is -2.39. The summed E-state index contributed by atoms with van der Waals surface area (Å²) >= 11 is 0. The zero-order valence-electron chi connectivity index (χ0n) is 16.1. The number of nitrogens with zero attached hydrogens (tertiary/aromatic N) is 2. The monoisotopic (exact) mass is 381 g/mol. The summed E-state index contributed by atoms with van der Waals surface area (Å²) in [5.41, 5.74) is 0.621. The first kappa shape index (κ1) is 20.9. The number of likely N-dealkylation sites (tertiary alicyclic amines) is 1. The van der Waals surface area contributed by atoms with E-state index < -0.39 is 10.0 Å². The number of unbranched alkanes of at least 4 members (excludes halogenated alkanes) is 1. The molecule has 1 fully saturated rings. The lowest BCUT2D eigenvalue weighted by atomic mass is 10.0. The fraction of sp³-hybridized carbons (Fsp3) is 0.632. The van der Waals surface area contributed by atoms with E-state index in [2.05, 4.69) is 17.1 Å². The first-order valence-electron chi connectivity index (χ1n) is 9.41. The smallest absolute Gasteiger partial charge is 0.242 e. The summed E-state index contributed by atoms with van der Waals surface area (Å²) in [5, 5.41) is 2.86. The lowest BCUT2D eigenvalue weighted by Gasteiger charge is -2.30. The number of piperidine rings is 1. The van der Waals surface area contributed by atoms with Gasteiger partial charge in [0.2, 0.25) is 15.9 Å². The van der Waals surface area contributed by atoms with Gasteiger partial charge in [0.05, 0.1) is 11.4 Å². The maximum absolute atomic E-state index is 12.5. The molecule has 7 heteroatoms. The Labute approximate surface area is 157 Å². The predicted octanol–water partition coefficient (Wildman–Crippen LogP) is 2.78. The van der Waals surface area contributed by atoms with Gasteiger partial charge in [-0.1, -0.05) is 20.3 Å². The maximum Gasteiger partial charge on any atom is 0.242 e. The van der Waals surface area contributed by atoms with Crippen molar-refractivity contribution in [3.8, 4) is 0 Å². The molecule has 1 aromatic carbocycles. The number of amides is 1. The Kier molecular flexibility index (Phi) is 7.61. The summed E-state index contributed by atoms with van der Waals surface area (Å²) in [4.78, 5) is 14.6. The van der Waals surface area contributed by atoms with E-state index >= 15 is 0 Å². The van der Waals surface area contributed by atoms with Crippen molar-refractivity contribution in [2.45, 2.75) is 44.4 Å². The highest BCUT2D eigenvalue weighted by Crippen LogP contribution is 2.19. The molecule has 146 valence electrons. The van der Waals surface area contributed by atoms with Gasteiger partial charge < -0.3 is 5.32 Å². The van der Waals surface area contributed by atoms with Crippen molar-refractivity contribution in [3.05, 3.63) is 24.3 Å². The molecule has 0 radical (unpaired) electrons. The quantitative estimate of drug-likeness (QED) is 0.752. The van der Waals surface area contributed by atoms with Crippen LogP contribution in [0.1, 0.15) is 39.5 Å². The highest BCUT2D eigenvalue weighted by molar-refractivity contribution is 7.89. The number of carbonyl (C=O) groups is 1. The normalized spacial score (nSPS) is 18.8. The molecule has 0 unspecified atom stereocenters. The zero-order chi connectivity index (χ0) is 19.2. The number of hydrogen-bond acceptors (Lipinski definition) is 4. The van der Waals surface area contributed by atoms with Crippen LogP contribution in [0.15, 0.2) is 29.2 Å². The van der Waals surface area contributed by atoms with Crippen LogP contribution in [0.2, 0.25) is 0 Å². The van der Waals surface area contributed by atoms with Gasteiger partial charge in [-0.15, -0.1) is 0 Å². The average Bonchev–Trinajstić information content (AvgIpc) is 2.60. The molecular weight excluding hydrogens is 350 g/mol. The van der Waals surface area contributed by atoms with E-state index in [1.54, 1.807) is 31.3 Å². The number of anilines is 1. The summed E-state index contributed by atoms with van der Waals surface area (Å²) in [6, 6.07) is 6.40. The minimum absolute atomic E-state index is 0.0604. The SMILES string of the molecule is CCCCN(C)S(=O)(=O)c1ccc(NC(=O)CN2CCC[C@H](C)C2)cc1. The molecule has 1 atom stereocenters. The van der Waals surface area contributed by atoms with Crippen LogP contribution in [0.4, 0.5) is 5.69 Å². The first-order chi connectivity index (χ1) is 12.3. The van der Waals surface area contributed by atoms with Gasteiger partial charge in [-0.05, 0) is 56.0 Å². The van der Waals surface area contributed by atoms with E-state index in [-0.39, 0.29) is 10.8 Å². The van der Waals surface area contributed by atoms with Crippen molar-refractivity contribution in [1.82, 2.24) is 9.21 Å².